The van der Waals surface area contributed by atoms with Crippen LogP contribution < -0.4 is 10.1 Å². The second kappa shape index (κ2) is 6.69. The van der Waals surface area contributed by atoms with E-state index in [0.29, 0.717) is 10.9 Å². The summed E-state index contributed by atoms with van der Waals surface area (Å²) in [5.74, 6) is 1.26. The number of benzene rings is 2. The van der Waals surface area contributed by atoms with Gasteiger partial charge in [0.05, 0.1) is 13.2 Å². The van der Waals surface area contributed by atoms with E-state index < -0.39 is 0 Å². The quantitative estimate of drug-likeness (QED) is 0.805. The van der Waals surface area contributed by atoms with E-state index in [4.69, 9.17) is 27.9 Å². The molecule has 19 heavy (non-hydrogen) atoms. The van der Waals surface area contributed by atoms with Gasteiger partial charge in [-0.15, -0.1) is 11.6 Å². The molecule has 0 heterocycles. The number of hydrogen-bond donors (Lipinski definition) is 1. The first kappa shape index (κ1) is 14.0. The Morgan fingerprint density at radius 2 is 1.79 bits per heavy atom. The average molecular weight is 296 g/mol. The van der Waals surface area contributed by atoms with Crippen molar-refractivity contribution >= 4 is 28.9 Å². The van der Waals surface area contributed by atoms with E-state index in [1.54, 1.807) is 7.11 Å². The number of methoxy groups -OCH3 is 1. The highest BCUT2D eigenvalue weighted by molar-refractivity contribution is 6.31. The molecule has 1 N–H and O–H groups in total. The summed E-state index contributed by atoms with van der Waals surface area (Å²) in [7, 11) is 1.65. The Hall–Kier alpha value is -1.38. The van der Waals surface area contributed by atoms with Crippen LogP contribution in [-0.2, 0) is 0 Å². The van der Waals surface area contributed by atoms with Crippen molar-refractivity contribution in [1.29, 1.82) is 0 Å². The minimum absolute atomic E-state index is 0.0243. The zero-order chi connectivity index (χ0) is 13.7. The topological polar surface area (TPSA) is 21.3 Å². The van der Waals surface area contributed by atoms with E-state index in [0.717, 1.165) is 17.0 Å². The predicted octanol–water partition coefficient (Wildman–Crippen LogP) is 4.74. The lowest BCUT2D eigenvalue weighted by Gasteiger charge is -2.19. The molecule has 2 nitrogen and oxygen atoms in total. The second-order valence-electron chi connectivity index (χ2n) is 4.10. The maximum absolute atomic E-state index is 6.19. The number of alkyl halides is 1. The third-order valence-corrected chi connectivity index (χ3v) is 3.52. The molecule has 0 aliphatic rings. The summed E-state index contributed by atoms with van der Waals surface area (Å²) in [6.45, 7) is 0. The normalized spacial score (nSPS) is 11.9. The number of halogens is 2. The molecule has 0 radical (unpaired) electrons. The van der Waals surface area contributed by atoms with Crippen molar-refractivity contribution < 1.29 is 4.74 Å². The Balaban J connectivity index is 2.17. The fourth-order valence-electron chi connectivity index (χ4n) is 1.85. The summed E-state index contributed by atoms with van der Waals surface area (Å²) in [5, 5.41) is 4.08. The molecule has 2 rings (SSSR count). The van der Waals surface area contributed by atoms with Crippen LogP contribution in [0.25, 0.3) is 0 Å². The molecule has 0 fully saturated rings. The zero-order valence-corrected chi connectivity index (χ0v) is 12.1. The van der Waals surface area contributed by atoms with E-state index in [9.17, 15) is 0 Å². The van der Waals surface area contributed by atoms with Gasteiger partial charge in [0.2, 0.25) is 0 Å². The van der Waals surface area contributed by atoms with Gasteiger partial charge in [0, 0.05) is 16.6 Å². The van der Waals surface area contributed by atoms with Crippen LogP contribution >= 0.6 is 23.2 Å². The number of hydrogen-bond acceptors (Lipinski definition) is 2. The fraction of sp³-hybridized carbons (Fsp3) is 0.200. The lowest BCUT2D eigenvalue weighted by atomic mass is 10.1. The van der Waals surface area contributed by atoms with Crippen molar-refractivity contribution in [2.75, 3.05) is 18.3 Å². The molecular formula is C15H15Cl2NO. The molecule has 0 aliphatic carbocycles. The molecule has 4 heteroatoms. The first-order valence-electron chi connectivity index (χ1n) is 5.95. The van der Waals surface area contributed by atoms with Gasteiger partial charge in [0.1, 0.15) is 5.75 Å². The van der Waals surface area contributed by atoms with Crippen molar-refractivity contribution in [3.05, 3.63) is 59.1 Å². The van der Waals surface area contributed by atoms with E-state index in [1.165, 1.54) is 0 Å². The van der Waals surface area contributed by atoms with E-state index in [1.807, 2.05) is 48.5 Å². The lowest BCUT2D eigenvalue weighted by molar-refractivity contribution is 0.415. The van der Waals surface area contributed by atoms with Gasteiger partial charge in [-0.2, -0.15) is 0 Å². The Morgan fingerprint density at radius 1 is 1.11 bits per heavy atom. The second-order valence-corrected chi connectivity index (χ2v) is 4.82. The Bertz CT molecular complexity index is 528. The zero-order valence-electron chi connectivity index (χ0n) is 10.6. The van der Waals surface area contributed by atoms with Crippen molar-refractivity contribution in [3.63, 3.8) is 0 Å². The Morgan fingerprint density at radius 3 is 2.37 bits per heavy atom. The number of anilines is 1. The Labute approximate surface area is 123 Å². The third kappa shape index (κ3) is 3.55. The minimum Gasteiger partial charge on any atom is -0.497 e. The van der Waals surface area contributed by atoms with Crippen LogP contribution in [-0.4, -0.2) is 13.0 Å². The van der Waals surface area contributed by atoms with Crippen LogP contribution in [0, 0.1) is 0 Å². The number of rotatable bonds is 5. The maximum Gasteiger partial charge on any atom is 0.119 e. The number of ether oxygens (including phenoxy) is 1. The standard InChI is InChI=1S/C15H15Cl2NO/c1-19-12-8-6-11(7-9-12)18-15(10-16)13-4-2-3-5-14(13)17/h2-9,15,18H,10H2,1H3/t15-/m0/s1. The lowest BCUT2D eigenvalue weighted by Crippen LogP contribution is -2.12. The van der Waals surface area contributed by atoms with Crippen molar-refractivity contribution in [1.82, 2.24) is 0 Å². The predicted molar refractivity (Wildman–Crippen MR) is 81.5 cm³/mol. The highest BCUT2D eigenvalue weighted by atomic mass is 35.5. The van der Waals surface area contributed by atoms with Gasteiger partial charge >= 0.3 is 0 Å². The third-order valence-electron chi connectivity index (χ3n) is 2.87. The Kier molecular flexibility index (Phi) is 4.94. The molecule has 0 aromatic heterocycles. The summed E-state index contributed by atoms with van der Waals surface area (Å²) in [6.07, 6.45) is 0. The van der Waals surface area contributed by atoms with Gasteiger partial charge in [-0.1, -0.05) is 29.8 Å². The first-order chi connectivity index (χ1) is 9.24. The van der Waals surface area contributed by atoms with E-state index >= 15 is 0 Å². The van der Waals surface area contributed by atoms with Crippen molar-refractivity contribution in [3.8, 4) is 5.75 Å². The van der Waals surface area contributed by atoms with Crippen molar-refractivity contribution in [2.45, 2.75) is 6.04 Å². The van der Waals surface area contributed by atoms with Crippen LogP contribution in [0.2, 0.25) is 5.02 Å². The van der Waals surface area contributed by atoms with Gasteiger partial charge in [-0.3, -0.25) is 0 Å². The van der Waals surface area contributed by atoms with E-state index in [2.05, 4.69) is 5.32 Å². The van der Waals surface area contributed by atoms with Gasteiger partial charge in [0.25, 0.3) is 0 Å². The molecular weight excluding hydrogens is 281 g/mol. The maximum atomic E-state index is 6.19. The molecule has 0 amide bonds. The SMILES string of the molecule is COc1ccc(N[C@@H](CCl)c2ccccc2Cl)cc1. The molecule has 0 saturated heterocycles. The highest BCUT2D eigenvalue weighted by Gasteiger charge is 2.13. The summed E-state index contributed by atoms with van der Waals surface area (Å²) in [5.41, 5.74) is 1.97. The number of nitrogens with one attached hydrogen (secondary N) is 1. The molecule has 0 aliphatic heterocycles. The summed E-state index contributed by atoms with van der Waals surface area (Å²) in [6, 6.07) is 15.4. The molecule has 0 saturated carbocycles. The van der Waals surface area contributed by atoms with Crippen LogP contribution in [0.1, 0.15) is 11.6 Å². The minimum atomic E-state index is -0.0243. The largest absolute Gasteiger partial charge is 0.497 e. The van der Waals surface area contributed by atoms with Gasteiger partial charge in [-0.25, -0.2) is 0 Å². The summed E-state index contributed by atoms with van der Waals surface area (Å²) >= 11 is 12.2. The molecule has 2 aromatic carbocycles. The smallest absolute Gasteiger partial charge is 0.119 e. The molecule has 0 bridgehead atoms. The average Bonchev–Trinajstić information content (AvgIpc) is 2.46. The molecule has 0 unspecified atom stereocenters. The fourth-order valence-corrected chi connectivity index (χ4v) is 2.36. The highest BCUT2D eigenvalue weighted by Crippen LogP contribution is 2.27. The monoisotopic (exact) mass is 295 g/mol. The van der Waals surface area contributed by atoms with Crippen LogP contribution in [0.5, 0.6) is 5.75 Å². The van der Waals surface area contributed by atoms with Crippen LogP contribution in [0.4, 0.5) is 5.69 Å². The molecule has 1 atom stereocenters. The van der Waals surface area contributed by atoms with Gasteiger partial charge < -0.3 is 10.1 Å². The molecule has 2 aromatic rings. The molecule has 100 valence electrons. The van der Waals surface area contributed by atoms with Gasteiger partial charge in [-0.05, 0) is 35.9 Å². The molecule has 0 spiro atoms. The van der Waals surface area contributed by atoms with Gasteiger partial charge in [0.15, 0.2) is 0 Å². The summed E-state index contributed by atoms with van der Waals surface area (Å²) < 4.78 is 5.13. The van der Waals surface area contributed by atoms with Crippen molar-refractivity contribution in [2.24, 2.45) is 0 Å². The van der Waals surface area contributed by atoms with Crippen LogP contribution in [0.3, 0.4) is 0 Å². The first-order valence-corrected chi connectivity index (χ1v) is 6.87. The van der Waals surface area contributed by atoms with Crippen LogP contribution in [0.15, 0.2) is 48.5 Å². The summed E-state index contributed by atoms with van der Waals surface area (Å²) in [4.78, 5) is 0. The van der Waals surface area contributed by atoms with E-state index in [-0.39, 0.29) is 6.04 Å².